The van der Waals surface area contributed by atoms with Crippen LogP contribution in [-0.2, 0) is 4.74 Å². The van der Waals surface area contributed by atoms with Gasteiger partial charge in [0.2, 0.25) is 0 Å². The van der Waals surface area contributed by atoms with Crippen LogP contribution < -0.4 is 15.4 Å². The molecule has 1 aromatic carbocycles. The molecule has 5 atom stereocenters. The maximum absolute atomic E-state index is 12.6. The van der Waals surface area contributed by atoms with Gasteiger partial charge in [-0.1, -0.05) is 25.4 Å². The summed E-state index contributed by atoms with van der Waals surface area (Å²) in [6.45, 7) is 6.51. The Bertz CT molecular complexity index is 733. The fourth-order valence-electron chi connectivity index (χ4n) is 3.35. The van der Waals surface area contributed by atoms with E-state index in [9.17, 15) is 25.2 Å². The number of anilines is 1. The summed E-state index contributed by atoms with van der Waals surface area (Å²) in [5.41, 5.74) is 0.522. The number of nitrogens with zero attached hydrogens (tertiary/aromatic N) is 1. The highest BCUT2D eigenvalue weighted by atomic mass is 35.5. The first kappa shape index (κ1) is 25.6. The highest BCUT2D eigenvalue weighted by molar-refractivity contribution is 6.33. The molecule has 1 fully saturated rings. The molecule has 1 aliphatic rings. The largest absolute Gasteiger partial charge is 0.496 e. The Morgan fingerprint density at radius 2 is 1.87 bits per heavy atom. The number of benzene rings is 1. The fourth-order valence-corrected chi connectivity index (χ4v) is 3.57. The number of rotatable bonds is 10. The predicted molar refractivity (Wildman–Crippen MR) is 116 cm³/mol. The lowest BCUT2D eigenvalue weighted by molar-refractivity contribution is -0.221. The lowest BCUT2D eigenvalue weighted by atomic mass is 9.98. The number of hydrogen-bond acceptors (Lipinski definition) is 9. The summed E-state index contributed by atoms with van der Waals surface area (Å²) in [6.07, 6.45) is -6.70. The second-order valence-corrected chi connectivity index (χ2v) is 7.62. The molecule has 1 aliphatic heterocycles. The van der Waals surface area contributed by atoms with Gasteiger partial charge in [0.1, 0.15) is 30.2 Å². The molecule has 1 aromatic rings. The zero-order valence-electron chi connectivity index (χ0n) is 17.9. The van der Waals surface area contributed by atoms with Crippen LogP contribution in [0.4, 0.5) is 5.69 Å². The number of halogens is 1. The van der Waals surface area contributed by atoms with E-state index in [4.69, 9.17) is 21.1 Å². The number of aliphatic hydroxyl groups is 4. The van der Waals surface area contributed by atoms with Crippen molar-refractivity contribution in [2.75, 3.05) is 45.2 Å². The zero-order chi connectivity index (χ0) is 23.1. The molecule has 176 valence electrons. The SMILES string of the molecule is CCN(CC)CCNC(=O)c1cc(Cl)c(NC2O[C@H](CO)[C@@H](O)[C@H](O)[C@H]2O)cc1OC. The topological polar surface area (TPSA) is 144 Å². The molecule has 1 amide bonds. The van der Waals surface area contributed by atoms with Gasteiger partial charge in [0.05, 0.1) is 30.0 Å². The van der Waals surface area contributed by atoms with E-state index in [1.165, 1.54) is 19.2 Å². The van der Waals surface area contributed by atoms with E-state index in [1.54, 1.807) is 0 Å². The van der Waals surface area contributed by atoms with E-state index in [0.717, 1.165) is 13.1 Å². The summed E-state index contributed by atoms with van der Waals surface area (Å²) in [5, 5.41) is 45.2. The average molecular weight is 462 g/mol. The van der Waals surface area contributed by atoms with E-state index in [0.29, 0.717) is 13.1 Å². The molecule has 10 nitrogen and oxygen atoms in total. The van der Waals surface area contributed by atoms with Crippen LogP contribution >= 0.6 is 11.6 Å². The Labute approximate surface area is 186 Å². The number of ether oxygens (including phenoxy) is 2. The van der Waals surface area contributed by atoms with E-state index < -0.39 is 37.3 Å². The molecule has 1 unspecified atom stereocenters. The summed E-state index contributed by atoms with van der Waals surface area (Å²) in [5.74, 6) is -0.0953. The van der Waals surface area contributed by atoms with Gasteiger partial charge in [0.25, 0.3) is 5.91 Å². The van der Waals surface area contributed by atoms with Gasteiger partial charge in [0.15, 0.2) is 6.23 Å². The van der Waals surface area contributed by atoms with Crippen LogP contribution in [0.5, 0.6) is 5.75 Å². The molecular formula is C20H32ClN3O7. The van der Waals surface area contributed by atoms with Crippen molar-refractivity contribution in [3.8, 4) is 5.75 Å². The van der Waals surface area contributed by atoms with Crippen LogP contribution in [0.1, 0.15) is 24.2 Å². The third-order valence-electron chi connectivity index (χ3n) is 5.33. The standard InChI is InChI=1S/C20H32ClN3O7/c1-4-24(5-2)7-6-22-19(29)11-8-12(21)13(9-14(11)30-3)23-20-18(28)17(27)16(26)15(10-25)31-20/h8-9,15-18,20,23,25-28H,4-7,10H2,1-3H3,(H,22,29)/t15-,16-,17+,18-,20?/m1/s1. The van der Waals surface area contributed by atoms with Gasteiger partial charge >= 0.3 is 0 Å². The molecule has 11 heteroatoms. The molecule has 0 aliphatic carbocycles. The summed E-state index contributed by atoms with van der Waals surface area (Å²) in [7, 11) is 1.41. The summed E-state index contributed by atoms with van der Waals surface area (Å²) in [6, 6.07) is 2.91. The Kier molecular flexibility index (Phi) is 9.76. The second-order valence-electron chi connectivity index (χ2n) is 7.21. The molecule has 0 spiro atoms. The van der Waals surface area contributed by atoms with E-state index in [1.807, 2.05) is 0 Å². The molecule has 2 rings (SSSR count). The van der Waals surface area contributed by atoms with Crippen LogP contribution in [0.25, 0.3) is 0 Å². The smallest absolute Gasteiger partial charge is 0.255 e. The van der Waals surface area contributed by atoms with Crippen molar-refractivity contribution in [2.45, 2.75) is 44.5 Å². The normalized spacial score (nSPS) is 26.0. The molecular weight excluding hydrogens is 430 g/mol. The van der Waals surface area contributed by atoms with Crippen molar-refractivity contribution in [1.82, 2.24) is 10.2 Å². The molecule has 0 bridgehead atoms. The molecule has 31 heavy (non-hydrogen) atoms. The summed E-state index contributed by atoms with van der Waals surface area (Å²) < 4.78 is 10.8. The van der Waals surface area contributed by atoms with E-state index in [-0.39, 0.29) is 27.9 Å². The van der Waals surface area contributed by atoms with Crippen LogP contribution in [-0.4, -0.2) is 102 Å². The molecule has 6 N–H and O–H groups in total. The maximum Gasteiger partial charge on any atom is 0.255 e. The van der Waals surface area contributed by atoms with Gasteiger partial charge in [-0.05, 0) is 19.2 Å². The van der Waals surface area contributed by atoms with Gasteiger partial charge in [0, 0.05) is 19.2 Å². The van der Waals surface area contributed by atoms with Crippen LogP contribution in [0.2, 0.25) is 5.02 Å². The first-order valence-corrected chi connectivity index (χ1v) is 10.6. The van der Waals surface area contributed by atoms with Crippen molar-refractivity contribution in [3.05, 3.63) is 22.7 Å². The maximum atomic E-state index is 12.6. The highest BCUT2D eigenvalue weighted by Gasteiger charge is 2.43. The van der Waals surface area contributed by atoms with Crippen molar-refractivity contribution < 1.29 is 34.7 Å². The second kappa shape index (κ2) is 11.8. The van der Waals surface area contributed by atoms with Gasteiger partial charge in [-0.15, -0.1) is 0 Å². The van der Waals surface area contributed by atoms with Crippen LogP contribution in [0, 0.1) is 0 Å². The number of aliphatic hydroxyl groups excluding tert-OH is 4. The van der Waals surface area contributed by atoms with Crippen molar-refractivity contribution in [2.24, 2.45) is 0 Å². The summed E-state index contributed by atoms with van der Waals surface area (Å²) in [4.78, 5) is 14.8. The molecule has 0 radical (unpaired) electrons. The van der Waals surface area contributed by atoms with Gasteiger partial charge in [-0.25, -0.2) is 0 Å². The number of likely N-dealkylation sites (N-methyl/N-ethyl adjacent to an activating group) is 1. The molecule has 1 heterocycles. The Morgan fingerprint density at radius 3 is 2.45 bits per heavy atom. The minimum Gasteiger partial charge on any atom is -0.496 e. The number of carbonyl (C=O) groups excluding carboxylic acids is 1. The molecule has 1 saturated heterocycles. The Morgan fingerprint density at radius 1 is 1.19 bits per heavy atom. The number of hydrogen-bond donors (Lipinski definition) is 6. The third kappa shape index (κ3) is 6.19. The lowest BCUT2D eigenvalue weighted by Gasteiger charge is -2.40. The number of nitrogens with one attached hydrogen (secondary N) is 2. The quantitative estimate of drug-likeness (QED) is 0.275. The first-order valence-electron chi connectivity index (χ1n) is 10.2. The number of methoxy groups -OCH3 is 1. The van der Waals surface area contributed by atoms with Gasteiger partial charge in [-0.3, -0.25) is 4.79 Å². The van der Waals surface area contributed by atoms with Crippen molar-refractivity contribution in [1.29, 1.82) is 0 Å². The Hall–Kier alpha value is -1.66. The highest BCUT2D eigenvalue weighted by Crippen LogP contribution is 2.33. The minimum atomic E-state index is -1.53. The first-order chi connectivity index (χ1) is 14.8. The summed E-state index contributed by atoms with van der Waals surface area (Å²) >= 11 is 6.33. The van der Waals surface area contributed by atoms with E-state index >= 15 is 0 Å². The fraction of sp³-hybridized carbons (Fsp3) is 0.650. The van der Waals surface area contributed by atoms with Gasteiger partial charge in [-0.2, -0.15) is 0 Å². The zero-order valence-corrected chi connectivity index (χ0v) is 18.7. The molecule has 0 saturated carbocycles. The lowest BCUT2D eigenvalue weighted by Crippen LogP contribution is -2.60. The Balaban J connectivity index is 2.14. The van der Waals surface area contributed by atoms with Crippen molar-refractivity contribution in [3.63, 3.8) is 0 Å². The number of carbonyl (C=O) groups is 1. The number of amides is 1. The van der Waals surface area contributed by atoms with E-state index in [2.05, 4.69) is 29.4 Å². The van der Waals surface area contributed by atoms with Crippen molar-refractivity contribution >= 4 is 23.2 Å². The predicted octanol–water partition coefficient (Wildman–Crippen LogP) is -0.368. The third-order valence-corrected chi connectivity index (χ3v) is 5.64. The van der Waals surface area contributed by atoms with Gasteiger partial charge < -0.3 is 45.4 Å². The minimum absolute atomic E-state index is 0.159. The van der Waals surface area contributed by atoms with Crippen LogP contribution in [0.15, 0.2) is 12.1 Å². The average Bonchev–Trinajstić information content (AvgIpc) is 2.77. The van der Waals surface area contributed by atoms with Crippen LogP contribution in [0.3, 0.4) is 0 Å². The monoisotopic (exact) mass is 461 g/mol. The molecule has 0 aromatic heterocycles.